The van der Waals surface area contributed by atoms with Crippen LogP contribution in [0.25, 0.3) is 0 Å². The van der Waals surface area contributed by atoms with E-state index in [0.717, 1.165) is 47.4 Å². The highest BCUT2D eigenvalue weighted by atomic mass is 32.2. The number of likely N-dealkylation sites (tertiary alicyclic amines) is 1. The van der Waals surface area contributed by atoms with E-state index in [1.165, 1.54) is 42.7 Å². The van der Waals surface area contributed by atoms with Gasteiger partial charge in [0.2, 0.25) is 5.91 Å². The van der Waals surface area contributed by atoms with Gasteiger partial charge in [-0.05, 0) is 82.0 Å². The lowest BCUT2D eigenvalue weighted by Gasteiger charge is -2.44. The summed E-state index contributed by atoms with van der Waals surface area (Å²) in [5.41, 5.74) is 3.30. The van der Waals surface area contributed by atoms with E-state index in [-0.39, 0.29) is 60.5 Å². The highest BCUT2D eigenvalue weighted by Gasteiger charge is 2.45. The van der Waals surface area contributed by atoms with Crippen LogP contribution in [0.5, 0.6) is 0 Å². The van der Waals surface area contributed by atoms with Crippen molar-refractivity contribution in [2.24, 2.45) is 23.7 Å². The molecular formula is C57H75N8O11S3+. The number of likely N-dealkylation sites (N-methyl/N-ethyl adjacent to an activating group) is 2. The van der Waals surface area contributed by atoms with Crippen LogP contribution >= 0.6 is 34.9 Å². The molecule has 2 aromatic carbocycles. The van der Waals surface area contributed by atoms with E-state index in [9.17, 15) is 44.0 Å². The number of ether oxygens (including phenoxy) is 2. The first-order chi connectivity index (χ1) is 37.5. The number of esters is 1. The van der Waals surface area contributed by atoms with Gasteiger partial charge in [0.1, 0.15) is 33.6 Å². The average Bonchev–Trinajstić information content (AvgIpc) is 4.25. The molecule has 0 saturated carbocycles. The van der Waals surface area contributed by atoms with Gasteiger partial charge in [0.25, 0.3) is 11.8 Å². The fourth-order valence-corrected chi connectivity index (χ4v) is 13.7. The van der Waals surface area contributed by atoms with Crippen LogP contribution in [0.4, 0.5) is 16.3 Å². The topological polar surface area (TPSA) is 249 Å². The van der Waals surface area contributed by atoms with Crippen LogP contribution in [0.3, 0.4) is 0 Å². The Balaban J connectivity index is 1.09. The Kier molecular flexibility index (Phi) is 22.1. The maximum atomic E-state index is 14.8. The van der Waals surface area contributed by atoms with Crippen molar-refractivity contribution < 1.29 is 52.8 Å². The van der Waals surface area contributed by atoms with E-state index in [1.54, 1.807) is 42.5 Å². The second kappa shape index (κ2) is 28.2. The Labute approximate surface area is 475 Å². The lowest BCUT2D eigenvalue weighted by atomic mass is 9.92. The van der Waals surface area contributed by atoms with Gasteiger partial charge >= 0.3 is 23.8 Å². The zero-order chi connectivity index (χ0) is 57.6. The summed E-state index contributed by atoms with van der Waals surface area (Å²) in [7, 11) is 3.77. The number of aliphatic carboxylic acids is 1. The number of carbonyl (C=O) groups excluding carboxylic acids is 5. The molecule has 2 aliphatic rings. The normalized spacial score (nSPS) is 19.4. The number of carboxylic acids is 1. The minimum Gasteiger partial charge on any atom is -0.481 e. The first-order valence-corrected chi connectivity index (χ1v) is 29.4. The lowest BCUT2D eigenvalue weighted by Crippen LogP contribution is -2.63. The highest BCUT2D eigenvalue weighted by molar-refractivity contribution is 8.22. The molecule has 4 heterocycles. The van der Waals surface area contributed by atoms with Crippen molar-refractivity contribution in [3.8, 4) is 0 Å². The number of aromatic nitrogens is 2. The third kappa shape index (κ3) is 16.4. The number of pyridine rings is 1. The predicted octanol–water partition coefficient (Wildman–Crippen LogP) is 10.1. The SMILES string of the molecule is CC[C@H](C)[C@H](NC(=O)[C@H]1CCCC[N+]1(C)Cc1ccc(NC(=O)OC[C@@H](C)C2(c3ccc([N+](=O)[O-])nc3)SC=CS2)cc1)C(=O)N(C)[C@H](C[C@@H](OC(C)=O)c1nc(C(=O)N[C@@H](Cc2ccccc2)C[C@H](C)C(=O)O)cs1)C(C)C. The van der Waals surface area contributed by atoms with Crippen molar-refractivity contribution in [3.05, 3.63) is 127 Å². The zero-order valence-corrected chi connectivity index (χ0v) is 48.9. The van der Waals surface area contributed by atoms with Crippen LogP contribution in [0, 0.1) is 33.8 Å². The fraction of sp³-hybridized carbons (Fsp3) is 0.509. The van der Waals surface area contributed by atoms with Crippen LogP contribution in [0.2, 0.25) is 0 Å². The number of piperidine rings is 1. The minimum absolute atomic E-state index is 0.0746. The molecule has 79 heavy (non-hydrogen) atoms. The summed E-state index contributed by atoms with van der Waals surface area (Å²) in [5, 5.41) is 35.7. The van der Waals surface area contributed by atoms with Gasteiger partial charge < -0.3 is 44.7 Å². The molecule has 1 saturated heterocycles. The number of nitrogens with one attached hydrogen (secondary N) is 3. The summed E-state index contributed by atoms with van der Waals surface area (Å²) < 4.78 is 11.4. The Morgan fingerprint density at radius 3 is 2.24 bits per heavy atom. The third-order valence-electron chi connectivity index (χ3n) is 15.1. The average molecular weight is 1140 g/mol. The molecular weight excluding hydrogens is 1070 g/mol. The smallest absolute Gasteiger partial charge is 0.411 e. The molecule has 0 aliphatic carbocycles. The van der Waals surface area contributed by atoms with E-state index in [4.69, 9.17) is 9.47 Å². The maximum absolute atomic E-state index is 14.8. The molecule has 0 bridgehead atoms. The summed E-state index contributed by atoms with van der Waals surface area (Å²) in [6.07, 6.45) is 3.73. The summed E-state index contributed by atoms with van der Waals surface area (Å²) in [4.78, 5) is 102. The molecule has 6 rings (SSSR count). The molecule has 2 aliphatic heterocycles. The first-order valence-electron chi connectivity index (χ1n) is 26.8. The van der Waals surface area contributed by atoms with Gasteiger partial charge in [-0.2, -0.15) is 0 Å². The fourth-order valence-electron chi connectivity index (χ4n) is 10.3. The Hall–Kier alpha value is -6.36. The number of quaternary nitrogens is 1. The molecule has 9 atom stereocenters. The van der Waals surface area contributed by atoms with E-state index in [0.29, 0.717) is 41.0 Å². The van der Waals surface area contributed by atoms with E-state index in [2.05, 4.69) is 33.0 Å². The quantitative estimate of drug-likeness (QED) is 0.0198. The number of thioether (sulfide) groups is 2. The first kappa shape index (κ1) is 61.8. The number of hydrogen-bond donors (Lipinski definition) is 4. The van der Waals surface area contributed by atoms with Gasteiger partial charge in [-0.25, -0.2) is 9.78 Å². The zero-order valence-electron chi connectivity index (χ0n) is 46.4. The summed E-state index contributed by atoms with van der Waals surface area (Å²) in [6, 6.07) is 17.7. The number of nitro groups is 1. The van der Waals surface area contributed by atoms with Crippen LogP contribution < -0.4 is 16.0 Å². The molecule has 0 spiro atoms. The van der Waals surface area contributed by atoms with Crippen LogP contribution in [0.15, 0.2) is 89.1 Å². The highest BCUT2D eigenvalue weighted by Crippen LogP contribution is 2.57. The van der Waals surface area contributed by atoms with E-state index >= 15 is 0 Å². The number of carboxylic acid groups (broad SMARTS) is 1. The number of anilines is 1. The second-order valence-corrected chi connectivity index (χ2v) is 24.9. The molecule has 4 N–H and O–H groups in total. The van der Waals surface area contributed by atoms with Crippen molar-refractivity contribution in [1.82, 2.24) is 25.5 Å². The number of benzene rings is 2. The molecule has 4 aromatic rings. The molecule has 4 amide bonds. The molecule has 22 heteroatoms. The number of nitrogens with zero attached hydrogens (tertiary/aromatic N) is 5. The van der Waals surface area contributed by atoms with Gasteiger partial charge in [0.05, 0.1) is 26.1 Å². The van der Waals surface area contributed by atoms with Gasteiger partial charge in [-0.15, -0.1) is 34.9 Å². The Morgan fingerprint density at radius 1 is 0.937 bits per heavy atom. The summed E-state index contributed by atoms with van der Waals surface area (Å²) in [5.74, 6) is -4.03. The molecule has 19 nitrogen and oxygen atoms in total. The number of rotatable bonds is 26. The Morgan fingerprint density at radius 2 is 1.63 bits per heavy atom. The molecule has 426 valence electrons. The van der Waals surface area contributed by atoms with Gasteiger partial charge in [-0.1, -0.05) is 90.4 Å². The Bertz CT molecular complexity index is 2770. The van der Waals surface area contributed by atoms with Crippen molar-refractivity contribution in [3.63, 3.8) is 0 Å². The number of amides is 4. The van der Waals surface area contributed by atoms with Crippen molar-refractivity contribution in [1.29, 1.82) is 0 Å². The molecule has 0 radical (unpaired) electrons. The van der Waals surface area contributed by atoms with Crippen LogP contribution in [-0.2, 0) is 45.7 Å². The molecule has 1 fully saturated rings. The van der Waals surface area contributed by atoms with Crippen LogP contribution in [0.1, 0.15) is 125 Å². The summed E-state index contributed by atoms with van der Waals surface area (Å²) in [6.45, 7) is 14.0. The van der Waals surface area contributed by atoms with Gasteiger partial charge in [0, 0.05) is 73.1 Å². The standard InChI is InChI=1S/C57H74N8O11S3/c1-10-36(4)50(54(69)63(8)46(35(2)3)30-48(76-39(7)66)53-61-45(34-77-53)51(67)59-44(28-37(5)55(70)71)29-40-16-12-11-13-17-40)62-52(68)47-18-14-15-25-65(47,9)32-41-19-22-43(23-20-41)60-56(72)75-33-38(6)57(78-26-27-79-57)42-21-24-49(58-31-42)64(73)74/h11-13,16-17,19-24,26-27,31,34-38,44,46-48,50H,10,14-15,18,25,28-30,32-33H2,1-9H3,(H3-,59,60,62,67,68,70,71,72)/p+1/t36-,37-,38+,44+,46+,47+,48+,50-,65?/m0/s1. The molecule has 2 aromatic heterocycles. The van der Waals surface area contributed by atoms with Crippen molar-refractivity contribution in [2.75, 3.05) is 32.6 Å². The largest absolute Gasteiger partial charge is 0.481 e. The number of thiazole rings is 1. The maximum Gasteiger partial charge on any atom is 0.411 e. The van der Waals surface area contributed by atoms with Crippen molar-refractivity contribution in [2.45, 2.75) is 134 Å². The third-order valence-corrected chi connectivity index (χ3v) is 19.3. The van der Waals surface area contributed by atoms with E-state index in [1.807, 2.05) is 87.9 Å². The lowest BCUT2D eigenvalue weighted by molar-refractivity contribution is -0.942. The summed E-state index contributed by atoms with van der Waals surface area (Å²) >= 11 is 4.23. The predicted molar refractivity (Wildman–Crippen MR) is 307 cm³/mol. The minimum atomic E-state index is -0.967. The second-order valence-electron chi connectivity index (χ2n) is 21.4. The van der Waals surface area contributed by atoms with Crippen LogP contribution in [-0.4, -0.2) is 117 Å². The number of carbonyl (C=O) groups is 6. The van der Waals surface area contributed by atoms with Gasteiger partial charge in [0.15, 0.2) is 12.1 Å². The molecule has 1 unspecified atom stereocenters. The van der Waals surface area contributed by atoms with Gasteiger partial charge in [-0.3, -0.25) is 29.3 Å². The monoisotopic (exact) mass is 1140 g/mol. The van der Waals surface area contributed by atoms with Crippen molar-refractivity contribution >= 4 is 82.1 Å². The van der Waals surface area contributed by atoms with E-state index < -0.39 is 69.1 Å². The number of hydrogen-bond acceptors (Lipinski definition) is 15.